The number of fused-ring (bicyclic) bond motifs is 1. The zero-order valence-electron chi connectivity index (χ0n) is 20.4. The zero-order valence-corrected chi connectivity index (χ0v) is 21.3. The predicted molar refractivity (Wildman–Crippen MR) is 135 cm³/mol. The summed E-state index contributed by atoms with van der Waals surface area (Å²) >= 11 is 0. The number of sulfonamides is 1. The Bertz CT molecular complexity index is 1180. The Hall–Kier alpha value is -2.47. The van der Waals surface area contributed by atoms with Crippen LogP contribution in [0.15, 0.2) is 65.7 Å². The molecule has 5 nitrogen and oxygen atoms in total. The summed E-state index contributed by atoms with van der Waals surface area (Å²) < 4.78 is 28.3. The van der Waals surface area contributed by atoms with E-state index in [1.54, 1.807) is 0 Å². The lowest BCUT2D eigenvalue weighted by Gasteiger charge is -2.37. The first-order valence-electron chi connectivity index (χ1n) is 12.3. The minimum atomic E-state index is -3.69. The molecule has 1 aliphatic heterocycles. The fourth-order valence-electron chi connectivity index (χ4n) is 6.85. The van der Waals surface area contributed by atoms with Crippen molar-refractivity contribution in [1.82, 2.24) is 4.31 Å². The molecule has 4 atom stereocenters. The smallest absolute Gasteiger partial charge is 0.261 e. The van der Waals surface area contributed by atoms with E-state index in [1.165, 1.54) is 4.31 Å². The van der Waals surface area contributed by atoms with Gasteiger partial charge in [0.05, 0.1) is 17.5 Å². The highest BCUT2D eigenvalue weighted by atomic mass is 32.2. The number of carbonyl (C=O) groups is 1. The second kappa shape index (κ2) is 8.04. The number of nitrogens with zero attached hydrogens (tertiary/aromatic N) is 2. The van der Waals surface area contributed by atoms with E-state index < -0.39 is 16.1 Å². The summed E-state index contributed by atoms with van der Waals surface area (Å²) in [6, 6.07) is 18.6. The van der Waals surface area contributed by atoms with Crippen LogP contribution >= 0.6 is 0 Å². The van der Waals surface area contributed by atoms with Gasteiger partial charge in [-0.3, -0.25) is 9.79 Å². The van der Waals surface area contributed by atoms with Crippen molar-refractivity contribution in [2.75, 3.05) is 5.75 Å². The molecular formula is C28H34N2O3S. The second-order valence-electron chi connectivity index (χ2n) is 11.2. The molecule has 180 valence electrons. The highest BCUT2D eigenvalue weighted by Crippen LogP contribution is 2.70. The molecule has 3 aliphatic rings. The fraction of sp³-hybridized carbons (Fsp3) is 0.500. The lowest BCUT2D eigenvalue weighted by molar-refractivity contribution is -0.131. The Morgan fingerprint density at radius 1 is 1.06 bits per heavy atom. The highest BCUT2D eigenvalue weighted by molar-refractivity contribution is 7.90. The Morgan fingerprint density at radius 2 is 1.62 bits per heavy atom. The van der Waals surface area contributed by atoms with Gasteiger partial charge in [-0.1, -0.05) is 88.4 Å². The summed E-state index contributed by atoms with van der Waals surface area (Å²) in [6.07, 6.45) is 2.71. The third kappa shape index (κ3) is 3.36. The molecule has 1 spiro atoms. The molecule has 34 heavy (non-hydrogen) atoms. The molecule has 0 radical (unpaired) electrons. The Labute approximate surface area is 203 Å². The molecule has 2 aromatic rings. The summed E-state index contributed by atoms with van der Waals surface area (Å²) in [5.41, 5.74) is 2.13. The average Bonchev–Trinajstić information content (AvgIpc) is 3.28. The molecule has 1 heterocycles. The minimum Gasteiger partial charge on any atom is -0.271 e. The molecule has 1 amide bonds. The Balaban J connectivity index is 1.58. The topological polar surface area (TPSA) is 66.8 Å². The van der Waals surface area contributed by atoms with Crippen LogP contribution in [0.25, 0.3) is 0 Å². The van der Waals surface area contributed by atoms with Crippen LogP contribution in [0.2, 0.25) is 0 Å². The Kier molecular flexibility index (Phi) is 5.51. The Morgan fingerprint density at radius 3 is 2.12 bits per heavy atom. The average molecular weight is 483 g/mol. The standard InChI is InChI=1S/C28H34N2O3S/c1-19(2)24(29-25(20-11-7-5-8-12-20)21-13-9-6-10-14-21)26(31)30-23-17-22-15-16-28(23,27(22,3)4)18-34(30,32)33/h5-14,19,22-24H,15-18H2,1-4H3/t22-,23-,24+,28-/m1/s1/i24+2,26+2. The molecular weight excluding hydrogens is 448 g/mol. The quantitative estimate of drug-likeness (QED) is 0.569. The van der Waals surface area contributed by atoms with Gasteiger partial charge in [-0.25, -0.2) is 12.7 Å². The highest BCUT2D eigenvalue weighted by Gasteiger charge is 2.72. The number of benzene rings is 2. The van der Waals surface area contributed by atoms with Gasteiger partial charge >= 0.3 is 0 Å². The van der Waals surface area contributed by atoms with Gasteiger partial charge in [0.15, 0.2) is 0 Å². The minimum absolute atomic E-state index is 0.0738. The largest absolute Gasteiger partial charge is 0.271 e. The van der Waals surface area contributed by atoms with Crippen molar-refractivity contribution in [2.24, 2.45) is 27.7 Å². The van der Waals surface area contributed by atoms with E-state index >= 15 is 0 Å². The third-order valence-electron chi connectivity index (χ3n) is 8.88. The van der Waals surface area contributed by atoms with Gasteiger partial charge in [-0.15, -0.1) is 0 Å². The third-order valence-corrected chi connectivity index (χ3v) is 10.8. The van der Waals surface area contributed by atoms with E-state index in [1.807, 2.05) is 74.5 Å². The van der Waals surface area contributed by atoms with Gasteiger partial charge < -0.3 is 0 Å². The lowest BCUT2D eigenvalue weighted by Crippen LogP contribution is -2.48. The van der Waals surface area contributed by atoms with Gasteiger partial charge in [-0.2, -0.15) is 0 Å². The maximum Gasteiger partial charge on any atom is 0.261 e. The van der Waals surface area contributed by atoms with E-state index in [-0.39, 0.29) is 34.4 Å². The summed E-state index contributed by atoms with van der Waals surface area (Å²) in [6.45, 7) is 8.30. The van der Waals surface area contributed by atoms with Crippen LogP contribution in [0.5, 0.6) is 0 Å². The van der Waals surface area contributed by atoms with Crippen LogP contribution in [0.4, 0.5) is 0 Å². The van der Waals surface area contributed by atoms with E-state index in [0.717, 1.165) is 30.4 Å². The molecule has 2 bridgehead atoms. The maximum absolute atomic E-state index is 14.1. The number of hydrogen-bond donors (Lipinski definition) is 0. The van der Waals surface area contributed by atoms with Gasteiger partial charge in [-0.05, 0) is 36.5 Å². The van der Waals surface area contributed by atoms with E-state index in [2.05, 4.69) is 13.8 Å². The van der Waals surface area contributed by atoms with E-state index in [4.69, 9.17) is 4.99 Å². The van der Waals surface area contributed by atoms with Crippen LogP contribution in [-0.2, 0) is 14.8 Å². The molecule has 2 saturated carbocycles. The molecule has 5 rings (SSSR count). The molecule has 0 unspecified atom stereocenters. The van der Waals surface area contributed by atoms with Crippen LogP contribution in [0.1, 0.15) is 58.1 Å². The molecule has 0 aromatic heterocycles. The number of aliphatic imine (C=N–C) groups is 1. The summed E-state index contributed by atoms with van der Waals surface area (Å²) in [5.74, 6) is 0.0323. The predicted octanol–water partition coefficient (Wildman–Crippen LogP) is 4.92. The number of amides is 1. The van der Waals surface area contributed by atoms with Crippen LogP contribution in [-0.4, -0.2) is 42.2 Å². The molecule has 6 heteroatoms. The van der Waals surface area contributed by atoms with Crippen LogP contribution < -0.4 is 0 Å². The van der Waals surface area contributed by atoms with Gasteiger partial charge in [0.25, 0.3) is 5.91 Å². The normalized spacial score (nSPS) is 29.1. The summed E-state index contributed by atoms with van der Waals surface area (Å²) in [5, 5.41) is 0. The van der Waals surface area contributed by atoms with E-state index in [9.17, 15) is 13.2 Å². The van der Waals surface area contributed by atoms with E-state index in [0.29, 0.717) is 11.6 Å². The SMILES string of the molecule is CC(C)[14C@H](N=C(c1ccccc1)c1ccccc1)[14C](=O)N1[C@@H]2C[C@H]3CC[C@]2(CS1(=O)=O)C3(C)C. The first kappa shape index (κ1) is 23.3. The first-order chi connectivity index (χ1) is 16.1. The first-order valence-corrected chi connectivity index (χ1v) is 13.9. The number of carbonyl (C=O) groups excluding carboxylic acids is 1. The van der Waals surface area contributed by atoms with Crippen molar-refractivity contribution >= 4 is 21.6 Å². The van der Waals surface area contributed by atoms with Crippen molar-refractivity contribution < 1.29 is 13.2 Å². The van der Waals surface area contributed by atoms with Gasteiger partial charge in [0, 0.05) is 16.5 Å². The number of hydrogen-bond acceptors (Lipinski definition) is 4. The van der Waals surface area contributed by atoms with Crippen LogP contribution in [0, 0.1) is 22.7 Å². The maximum atomic E-state index is 14.1. The van der Waals surface area contributed by atoms with Crippen LogP contribution in [0.3, 0.4) is 0 Å². The van der Waals surface area contributed by atoms with Crippen molar-refractivity contribution in [3.05, 3.63) is 71.8 Å². The van der Waals surface area contributed by atoms with Crippen molar-refractivity contribution in [1.29, 1.82) is 0 Å². The molecule has 2 aromatic carbocycles. The van der Waals surface area contributed by atoms with Crippen molar-refractivity contribution in [3.8, 4) is 0 Å². The van der Waals surface area contributed by atoms with Crippen molar-refractivity contribution in [2.45, 2.75) is 59.0 Å². The monoisotopic (exact) mass is 482 g/mol. The lowest BCUT2D eigenvalue weighted by atomic mass is 9.69. The molecule has 2 aliphatic carbocycles. The summed E-state index contributed by atoms with van der Waals surface area (Å²) in [7, 11) is -3.69. The van der Waals surface area contributed by atoms with Crippen molar-refractivity contribution in [3.63, 3.8) is 0 Å². The molecule has 3 fully saturated rings. The molecule has 1 saturated heterocycles. The van der Waals surface area contributed by atoms with Gasteiger partial charge in [0.1, 0.15) is 6.04 Å². The molecule has 0 N–H and O–H groups in total. The van der Waals surface area contributed by atoms with Gasteiger partial charge in [0.2, 0.25) is 10.0 Å². The number of rotatable bonds is 5. The second-order valence-corrected chi connectivity index (χ2v) is 13.0. The zero-order chi connectivity index (χ0) is 24.3. The summed E-state index contributed by atoms with van der Waals surface area (Å²) in [4.78, 5) is 19.1. The fourth-order valence-corrected chi connectivity index (χ4v) is 9.40.